The number of amides is 1. The second-order valence-corrected chi connectivity index (χ2v) is 3.68. The van der Waals surface area contributed by atoms with Gasteiger partial charge in [0, 0.05) is 13.0 Å². The van der Waals surface area contributed by atoms with Gasteiger partial charge in [0.15, 0.2) is 0 Å². The summed E-state index contributed by atoms with van der Waals surface area (Å²) in [5.41, 5.74) is 0. The molecule has 0 radical (unpaired) electrons. The zero-order chi connectivity index (χ0) is 9.14. The van der Waals surface area contributed by atoms with Crippen molar-refractivity contribution in [2.75, 3.05) is 0 Å². The van der Waals surface area contributed by atoms with Crippen LogP contribution in [0.15, 0.2) is 0 Å². The molecule has 70 valence electrons. The fraction of sp³-hybridized carbons (Fsp3) is 0.889. The summed E-state index contributed by atoms with van der Waals surface area (Å²) < 4.78 is 5.55. The molecule has 1 amide bonds. The van der Waals surface area contributed by atoms with Crippen LogP contribution in [0.1, 0.15) is 33.6 Å². The van der Waals surface area contributed by atoms with E-state index in [2.05, 4.69) is 5.32 Å². The van der Waals surface area contributed by atoms with E-state index in [0.717, 1.165) is 12.8 Å². The van der Waals surface area contributed by atoms with Crippen LogP contribution in [0.5, 0.6) is 0 Å². The van der Waals surface area contributed by atoms with E-state index >= 15 is 0 Å². The summed E-state index contributed by atoms with van der Waals surface area (Å²) in [5.74, 6) is 0.0583. The van der Waals surface area contributed by atoms with E-state index in [1.54, 1.807) is 6.92 Å². The molecule has 0 aromatic rings. The summed E-state index contributed by atoms with van der Waals surface area (Å²) in [6.07, 6.45) is 2.60. The maximum atomic E-state index is 10.6. The summed E-state index contributed by atoms with van der Waals surface area (Å²) in [6.45, 7) is 5.62. The highest BCUT2D eigenvalue weighted by molar-refractivity contribution is 5.73. The SMILES string of the molecule is CC(=O)N[C@H]1C[C@@H](OC(C)C)C1. The Balaban J connectivity index is 2.08. The van der Waals surface area contributed by atoms with E-state index in [4.69, 9.17) is 4.74 Å². The first-order valence-electron chi connectivity index (χ1n) is 4.50. The molecule has 3 nitrogen and oxygen atoms in total. The van der Waals surface area contributed by atoms with E-state index < -0.39 is 0 Å². The van der Waals surface area contributed by atoms with Gasteiger partial charge in [0.2, 0.25) is 5.91 Å². The van der Waals surface area contributed by atoms with E-state index in [1.807, 2.05) is 13.8 Å². The lowest BCUT2D eigenvalue weighted by Crippen LogP contribution is -2.47. The Morgan fingerprint density at radius 3 is 2.50 bits per heavy atom. The molecule has 1 aliphatic rings. The molecule has 0 spiro atoms. The Morgan fingerprint density at radius 1 is 1.50 bits per heavy atom. The molecule has 0 unspecified atom stereocenters. The van der Waals surface area contributed by atoms with E-state index in [0.29, 0.717) is 18.2 Å². The number of rotatable bonds is 3. The predicted molar refractivity (Wildman–Crippen MR) is 46.8 cm³/mol. The molecule has 1 N–H and O–H groups in total. The molecular weight excluding hydrogens is 154 g/mol. The van der Waals surface area contributed by atoms with Gasteiger partial charge in [0.25, 0.3) is 0 Å². The number of hydrogen-bond acceptors (Lipinski definition) is 2. The third-order valence-electron chi connectivity index (χ3n) is 1.97. The molecular formula is C9H17NO2. The smallest absolute Gasteiger partial charge is 0.217 e. The van der Waals surface area contributed by atoms with Crippen molar-refractivity contribution in [3.63, 3.8) is 0 Å². The summed E-state index contributed by atoms with van der Waals surface area (Å²) in [5, 5.41) is 2.86. The molecule has 0 aromatic heterocycles. The fourth-order valence-corrected chi connectivity index (χ4v) is 1.47. The van der Waals surface area contributed by atoms with Gasteiger partial charge in [-0.25, -0.2) is 0 Å². The highest BCUT2D eigenvalue weighted by Crippen LogP contribution is 2.24. The zero-order valence-corrected chi connectivity index (χ0v) is 7.96. The molecule has 1 aliphatic carbocycles. The average Bonchev–Trinajstić information content (AvgIpc) is 1.80. The second kappa shape index (κ2) is 3.90. The minimum atomic E-state index is 0.0583. The Hall–Kier alpha value is -0.570. The van der Waals surface area contributed by atoms with Crippen molar-refractivity contribution in [3.8, 4) is 0 Å². The van der Waals surface area contributed by atoms with Gasteiger partial charge >= 0.3 is 0 Å². The van der Waals surface area contributed by atoms with Crippen molar-refractivity contribution in [1.82, 2.24) is 5.32 Å². The van der Waals surface area contributed by atoms with Crippen LogP contribution in [0, 0.1) is 0 Å². The monoisotopic (exact) mass is 171 g/mol. The van der Waals surface area contributed by atoms with Crippen LogP contribution < -0.4 is 5.32 Å². The number of carbonyl (C=O) groups excluding carboxylic acids is 1. The Bertz CT molecular complexity index is 162. The standard InChI is InChI=1S/C9H17NO2/c1-6(2)12-9-4-8(5-9)10-7(3)11/h6,8-9H,4-5H2,1-3H3,(H,10,11)/t8-,9+. The quantitative estimate of drug-likeness (QED) is 0.690. The van der Waals surface area contributed by atoms with Crippen LogP contribution in [0.25, 0.3) is 0 Å². The fourth-order valence-electron chi connectivity index (χ4n) is 1.47. The third kappa shape index (κ3) is 2.81. The van der Waals surface area contributed by atoms with Crippen LogP contribution >= 0.6 is 0 Å². The molecule has 1 saturated carbocycles. The van der Waals surface area contributed by atoms with E-state index in [1.165, 1.54) is 0 Å². The minimum absolute atomic E-state index is 0.0583. The van der Waals surface area contributed by atoms with Crippen LogP contribution in [0.3, 0.4) is 0 Å². The van der Waals surface area contributed by atoms with E-state index in [-0.39, 0.29) is 5.91 Å². The molecule has 0 aliphatic heterocycles. The lowest BCUT2D eigenvalue weighted by atomic mass is 9.89. The Kier molecular flexibility index (Phi) is 3.09. The lowest BCUT2D eigenvalue weighted by Gasteiger charge is -2.36. The maximum Gasteiger partial charge on any atom is 0.217 e. The molecule has 0 bridgehead atoms. The molecule has 0 atom stereocenters. The highest BCUT2D eigenvalue weighted by atomic mass is 16.5. The Labute approximate surface area is 73.5 Å². The summed E-state index contributed by atoms with van der Waals surface area (Å²) in [6, 6.07) is 0.353. The normalized spacial score (nSPS) is 28.3. The lowest BCUT2D eigenvalue weighted by molar-refractivity contribution is -0.122. The van der Waals surface area contributed by atoms with Crippen molar-refractivity contribution < 1.29 is 9.53 Å². The molecule has 3 heteroatoms. The number of nitrogens with one attached hydrogen (secondary N) is 1. The molecule has 1 rings (SSSR count). The van der Waals surface area contributed by atoms with Gasteiger partial charge in [-0.3, -0.25) is 4.79 Å². The summed E-state index contributed by atoms with van der Waals surface area (Å²) >= 11 is 0. The minimum Gasteiger partial charge on any atom is -0.375 e. The van der Waals surface area contributed by atoms with Gasteiger partial charge in [-0.05, 0) is 26.7 Å². The molecule has 0 saturated heterocycles. The Morgan fingerprint density at radius 2 is 2.08 bits per heavy atom. The first kappa shape index (κ1) is 9.52. The first-order valence-corrected chi connectivity index (χ1v) is 4.50. The van der Waals surface area contributed by atoms with Gasteiger partial charge in [0.1, 0.15) is 0 Å². The van der Waals surface area contributed by atoms with Gasteiger partial charge in [0.05, 0.1) is 12.2 Å². The van der Waals surface area contributed by atoms with Crippen LogP contribution in [0.2, 0.25) is 0 Å². The summed E-state index contributed by atoms with van der Waals surface area (Å²) in [4.78, 5) is 10.6. The predicted octanol–water partition coefficient (Wildman–Crippen LogP) is 1.08. The molecule has 0 aromatic carbocycles. The van der Waals surface area contributed by atoms with Gasteiger partial charge in [-0.2, -0.15) is 0 Å². The highest BCUT2D eigenvalue weighted by Gasteiger charge is 2.30. The van der Waals surface area contributed by atoms with Crippen LogP contribution in [-0.4, -0.2) is 24.2 Å². The largest absolute Gasteiger partial charge is 0.375 e. The number of ether oxygens (including phenoxy) is 1. The first-order chi connectivity index (χ1) is 5.58. The average molecular weight is 171 g/mol. The van der Waals surface area contributed by atoms with Crippen molar-refractivity contribution in [2.45, 2.75) is 51.9 Å². The number of carbonyl (C=O) groups is 1. The van der Waals surface area contributed by atoms with E-state index in [9.17, 15) is 4.79 Å². The molecule has 0 heterocycles. The van der Waals surface area contributed by atoms with Gasteiger partial charge < -0.3 is 10.1 Å². The topological polar surface area (TPSA) is 38.3 Å². The molecule has 12 heavy (non-hydrogen) atoms. The number of hydrogen-bond donors (Lipinski definition) is 1. The maximum absolute atomic E-state index is 10.6. The van der Waals surface area contributed by atoms with Crippen molar-refractivity contribution in [1.29, 1.82) is 0 Å². The molecule has 1 fully saturated rings. The third-order valence-corrected chi connectivity index (χ3v) is 1.97. The summed E-state index contributed by atoms with van der Waals surface area (Å²) in [7, 11) is 0. The van der Waals surface area contributed by atoms with Crippen molar-refractivity contribution >= 4 is 5.91 Å². The van der Waals surface area contributed by atoms with Crippen LogP contribution in [-0.2, 0) is 9.53 Å². The van der Waals surface area contributed by atoms with Crippen molar-refractivity contribution in [3.05, 3.63) is 0 Å². The van der Waals surface area contributed by atoms with Gasteiger partial charge in [-0.1, -0.05) is 0 Å². The van der Waals surface area contributed by atoms with Crippen LogP contribution in [0.4, 0.5) is 0 Å². The zero-order valence-electron chi connectivity index (χ0n) is 7.96. The second-order valence-electron chi connectivity index (χ2n) is 3.68. The van der Waals surface area contributed by atoms with Crippen molar-refractivity contribution in [2.24, 2.45) is 0 Å². The van der Waals surface area contributed by atoms with Gasteiger partial charge in [-0.15, -0.1) is 0 Å².